The molecule has 144 valence electrons. The smallest absolute Gasteiger partial charge is 0.407 e. The van der Waals surface area contributed by atoms with E-state index < -0.39 is 23.1 Å². The molecule has 0 saturated heterocycles. The van der Waals surface area contributed by atoms with E-state index in [4.69, 9.17) is 4.74 Å². The number of alkyl carbamates (subject to hydrolysis) is 1. The van der Waals surface area contributed by atoms with Gasteiger partial charge in [0.1, 0.15) is 5.60 Å². The van der Waals surface area contributed by atoms with Crippen LogP contribution in [0, 0.1) is 5.41 Å². The first kappa shape index (κ1) is 20.3. The van der Waals surface area contributed by atoms with Crippen LogP contribution in [0.2, 0.25) is 0 Å². The zero-order chi connectivity index (χ0) is 19.4. The number of carboxylic acid groups (broad SMARTS) is 1. The number of ether oxygens (including phenoxy) is 1. The summed E-state index contributed by atoms with van der Waals surface area (Å²) in [4.78, 5) is 23.8. The summed E-state index contributed by atoms with van der Waals surface area (Å²) < 4.78 is 5.34. The summed E-state index contributed by atoms with van der Waals surface area (Å²) in [6, 6.07) is 9.96. The van der Waals surface area contributed by atoms with Gasteiger partial charge in [0.2, 0.25) is 0 Å². The first-order chi connectivity index (χ1) is 12.1. The molecule has 0 aromatic heterocycles. The van der Waals surface area contributed by atoms with Crippen molar-refractivity contribution < 1.29 is 19.4 Å². The van der Waals surface area contributed by atoms with E-state index in [-0.39, 0.29) is 5.41 Å². The van der Waals surface area contributed by atoms with Gasteiger partial charge in [-0.25, -0.2) is 4.79 Å². The molecule has 2 rings (SSSR count). The summed E-state index contributed by atoms with van der Waals surface area (Å²) in [5.41, 5.74) is -0.402. The van der Waals surface area contributed by atoms with Gasteiger partial charge in [-0.15, -0.1) is 0 Å². The van der Waals surface area contributed by atoms with Crippen LogP contribution in [0.4, 0.5) is 4.79 Å². The number of nitrogens with one attached hydrogen (secondary N) is 1. The Morgan fingerprint density at radius 2 is 1.77 bits per heavy atom. The minimum absolute atomic E-state index is 0.351. The van der Waals surface area contributed by atoms with E-state index in [0.717, 1.165) is 24.8 Å². The fraction of sp³-hybridized carbons (Fsp3) is 0.619. The molecule has 1 aliphatic carbocycles. The predicted molar refractivity (Wildman–Crippen MR) is 101 cm³/mol. The number of carbonyl (C=O) groups is 2. The Balaban J connectivity index is 2.10. The number of carbonyl (C=O) groups excluding carboxylic acids is 1. The summed E-state index contributed by atoms with van der Waals surface area (Å²) in [6.45, 7) is 7.97. The molecule has 1 aliphatic rings. The fourth-order valence-corrected chi connectivity index (χ4v) is 3.45. The molecule has 1 aromatic carbocycles. The third-order valence-electron chi connectivity index (χ3n) is 5.41. The first-order valence-corrected chi connectivity index (χ1v) is 9.32. The van der Waals surface area contributed by atoms with Gasteiger partial charge in [0.05, 0.1) is 5.41 Å². The zero-order valence-corrected chi connectivity index (χ0v) is 16.3. The summed E-state index contributed by atoms with van der Waals surface area (Å²) in [5, 5.41) is 12.5. The second kappa shape index (κ2) is 7.68. The number of amides is 1. The van der Waals surface area contributed by atoms with Crippen LogP contribution < -0.4 is 5.32 Å². The van der Waals surface area contributed by atoms with Gasteiger partial charge in [0, 0.05) is 12.0 Å². The number of rotatable bonds is 7. The molecule has 0 radical (unpaired) electrons. The molecule has 26 heavy (non-hydrogen) atoms. The molecule has 1 aromatic rings. The second-order valence-corrected chi connectivity index (χ2v) is 8.72. The van der Waals surface area contributed by atoms with Crippen molar-refractivity contribution in [3.63, 3.8) is 0 Å². The summed E-state index contributed by atoms with van der Waals surface area (Å²) in [7, 11) is 0. The van der Waals surface area contributed by atoms with Crippen LogP contribution in [0.15, 0.2) is 30.3 Å². The first-order valence-electron chi connectivity index (χ1n) is 9.32. The average Bonchev–Trinajstić information content (AvgIpc) is 2.51. The highest BCUT2D eigenvalue weighted by Crippen LogP contribution is 2.47. The largest absolute Gasteiger partial charge is 0.481 e. The van der Waals surface area contributed by atoms with E-state index >= 15 is 0 Å². The van der Waals surface area contributed by atoms with Crippen LogP contribution >= 0.6 is 0 Å². The fourth-order valence-electron chi connectivity index (χ4n) is 3.45. The highest BCUT2D eigenvalue weighted by atomic mass is 16.6. The molecule has 5 nitrogen and oxygen atoms in total. The zero-order valence-electron chi connectivity index (χ0n) is 16.3. The highest BCUT2D eigenvalue weighted by molar-refractivity contribution is 5.75. The van der Waals surface area contributed by atoms with Crippen LogP contribution in [0.3, 0.4) is 0 Å². The third kappa shape index (κ3) is 4.99. The predicted octanol–water partition coefficient (Wildman–Crippen LogP) is 4.50. The van der Waals surface area contributed by atoms with Gasteiger partial charge in [-0.2, -0.15) is 0 Å². The van der Waals surface area contributed by atoms with E-state index in [1.807, 2.05) is 51.1 Å². The van der Waals surface area contributed by atoms with E-state index in [2.05, 4.69) is 12.2 Å². The molecule has 5 heteroatoms. The highest BCUT2D eigenvalue weighted by Gasteiger charge is 2.45. The van der Waals surface area contributed by atoms with Gasteiger partial charge in [-0.3, -0.25) is 4.79 Å². The van der Waals surface area contributed by atoms with Crippen molar-refractivity contribution in [3.05, 3.63) is 35.9 Å². The number of benzene rings is 1. The molecule has 1 unspecified atom stereocenters. The molecule has 0 aliphatic heterocycles. The van der Waals surface area contributed by atoms with Gasteiger partial charge >= 0.3 is 12.1 Å². The number of aliphatic carboxylic acids is 1. The molecule has 0 bridgehead atoms. The Bertz CT molecular complexity index is 631. The lowest BCUT2D eigenvalue weighted by molar-refractivity contribution is -0.155. The quantitative estimate of drug-likeness (QED) is 0.749. The van der Waals surface area contributed by atoms with Gasteiger partial charge in [0.15, 0.2) is 0 Å². The van der Waals surface area contributed by atoms with E-state index in [1.54, 1.807) is 0 Å². The van der Waals surface area contributed by atoms with Crippen molar-refractivity contribution in [2.24, 2.45) is 5.41 Å². The maximum atomic E-state index is 12.1. The lowest BCUT2D eigenvalue weighted by atomic mass is 9.63. The Morgan fingerprint density at radius 3 is 2.23 bits per heavy atom. The normalized spacial score (nSPS) is 18.3. The van der Waals surface area contributed by atoms with Crippen molar-refractivity contribution in [1.82, 2.24) is 5.32 Å². The van der Waals surface area contributed by atoms with Gasteiger partial charge < -0.3 is 15.2 Å². The van der Waals surface area contributed by atoms with Crippen LogP contribution in [0.5, 0.6) is 0 Å². The molecule has 2 N–H and O–H groups in total. The number of hydrogen-bond acceptors (Lipinski definition) is 3. The van der Waals surface area contributed by atoms with Crippen LogP contribution in [0.1, 0.15) is 65.4 Å². The second-order valence-electron chi connectivity index (χ2n) is 8.72. The Morgan fingerprint density at radius 1 is 1.15 bits per heavy atom. The topological polar surface area (TPSA) is 75.6 Å². The summed E-state index contributed by atoms with van der Waals surface area (Å²) in [5.74, 6) is -0.695. The van der Waals surface area contributed by atoms with E-state index in [9.17, 15) is 14.7 Å². The van der Waals surface area contributed by atoms with Gasteiger partial charge in [0.25, 0.3) is 0 Å². The molecule has 1 fully saturated rings. The maximum Gasteiger partial charge on any atom is 0.407 e. The Labute approximate surface area is 156 Å². The summed E-state index contributed by atoms with van der Waals surface area (Å²) >= 11 is 0. The minimum atomic E-state index is -0.695. The van der Waals surface area contributed by atoms with Crippen LogP contribution in [0.25, 0.3) is 0 Å². The molecule has 0 spiro atoms. The SMILES string of the molecule is CC(C)(C)OC(=O)NCC(C)(CCC1(C(=O)O)CCC1)c1ccccc1. The Hall–Kier alpha value is -2.04. The van der Waals surface area contributed by atoms with Crippen LogP contribution in [-0.2, 0) is 14.9 Å². The number of carboxylic acids is 1. The van der Waals surface area contributed by atoms with Crippen LogP contribution in [-0.4, -0.2) is 29.3 Å². The van der Waals surface area contributed by atoms with Gasteiger partial charge in [-0.1, -0.05) is 43.7 Å². The van der Waals surface area contributed by atoms with Crippen molar-refractivity contribution in [1.29, 1.82) is 0 Å². The van der Waals surface area contributed by atoms with Crippen molar-refractivity contribution in [2.75, 3.05) is 6.54 Å². The third-order valence-corrected chi connectivity index (χ3v) is 5.41. The molecule has 1 atom stereocenters. The monoisotopic (exact) mass is 361 g/mol. The maximum absolute atomic E-state index is 12.1. The average molecular weight is 361 g/mol. The van der Waals surface area contributed by atoms with Crippen molar-refractivity contribution >= 4 is 12.1 Å². The molecular weight excluding hydrogens is 330 g/mol. The Kier molecular flexibility index (Phi) is 5.99. The van der Waals surface area contributed by atoms with E-state index in [1.165, 1.54) is 0 Å². The van der Waals surface area contributed by atoms with Crippen molar-refractivity contribution in [2.45, 2.75) is 70.8 Å². The van der Waals surface area contributed by atoms with Crippen molar-refractivity contribution in [3.8, 4) is 0 Å². The molecular formula is C21H31NO4. The lowest BCUT2D eigenvalue weighted by Crippen LogP contribution is -2.44. The summed E-state index contributed by atoms with van der Waals surface area (Å²) in [6.07, 6.45) is 3.32. The lowest BCUT2D eigenvalue weighted by Gasteiger charge is -2.41. The van der Waals surface area contributed by atoms with Gasteiger partial charge in [-0.05, 0) is 52.0 Å². The molecule has 1 amide bonds. The minimum Gasteiger partial charge on any atom is -0.481 e. The molecule has 1 saturated carbocycles. The number of hydrogen-bond donors (Lipinski definition) is 2. The van der Waals surface area contributed by atoms with E-state index in [0.29, 0.717) is 19.4 Å². The standard InChI is InChI=1S/C21H31NO4/c1-19(2,3)26-18(25)22-15-20(4,16-9-6-5-7-10-16)13-14-21(17(23)24)11-8-12-21/h5-7,9-10H,8,11-15H2,1-4H3,(H,22,25)(H,23,24). The molecule has 0 heterocycles.